The van der Waals surface area contributed by atoms with Crippen molar-refractivity contribution in [3.8, 4) is 17.0 Å². The van der Waals surface area contributed by atoms with Crippen molar-refractivity contribution in [1.29, 1.82) is 0 Å². The first-order valence-corrected chi connectivity index (χ1v) is 10.1. The molecule has 1 aliphatic heterocycles. The highest BCUT2D eigenvalue weighted by atomic mass is 32.2. The molecule has 29 heavy (non-hydrogen) atoms. The van der Waals surface area contributed by atoms with E-state index in [1.54, 1.807) is 42.4 Å². The molecule has 3 aromatic rings. The maximum absolute atomic E-state index is 11.9. The van der Waals surface area contributed by atoms with Crippen molar-refractivity contribution in [1.82, 2.24) is 9.97 Å². The number of fused-ring (bicyclic) bond motifs is 1. The fourth-order valence-corrected chi connectivity index (χ4v) is 3.45. The predicted molar refractivity (Wildman–Crippen MR) is 107 cm³/mol. The molecule has 0 saturated heterocycles. The van der Waals surface area contributed by atoms with E-state index < -0.39 is 10.0 Å². The zero-order chi connectivity index (χ0) is 20.6. The highest BCUT2D eigenvalue weighted by Gasteiger charge is 2.22. The van der Waals surface area contributed by atoms with Gasteiger partial charge in [-0.15, -0.1) is 0 Å². The lowest BCUT2D eigenvalue weighted by Crippen LogP contribution is -2.35. The van der Waals surface area contributed by atoms with Crippen LogP contribution in [0.25, 0.3) is 11.3 Å². The molecule has 1 aliphatic rings. The Labute approximate surface area is 167 Å². The first kappa shape index (κ1) is 18.8. The van der Waals surface area contributed by atoms with Gasteiger partial charge in [0.1, 0.15) is 5.75 Å². The molecule has 1 aromatic heterocycles. The lowest BCUT2D eigenvalue weighted by molar-refractivity contribution is -0.120. The fraction of sp³-hybridized carbons (Fsp3) is 0.105. The van der Waals surface area contributed by atoms with Crippen molar-refractivity contribution in [2.45, 2.75) is 4.90 Å². The van der Waals surface area contributed by atoms with E-state index in [2.05, 4.69) is 15.3 Å². The van der Waals surface area contributed by atoms with Gasteiger partial charge in [-0.05, 0) is 42.5 Å². The van der Waals surface area contributed by atoms with Crippen LogP contribution in [0.4, 0.5) is 17.3 Å². The van der Waals surface area contributed by atoms with Gasteiger partial charge >= 0.3 is 0 Å². The zero-order valence-corrected chi connectivity index (χ0v) is 16.2. The maximum Gasteiger partial charge on any atom is 0.264 e. The van der Waals surface area contributed by atoms with Crippen LogP contribution in [0, 0.1) is 0 Å². The van der Waals surface area contributed by atoms with Crippen LogP contribution >= 0.6 is 0 Å². The number of aromatic nitrogens is 2. The molecule has 0 spiro atoms. The maximum atomic E-state index is 11.9. The third-order valence-corrected chi connectivity index (χ3v) is 5.33. The summed E-state index contributed by atoms with van der Waals surface area (Å²) in [6, 6.07) is 13.3. The Bertz CT molecular complexity index is 1210. The summed E-state index contributed by atoms with van der Waals surface area (Å²) in [6.07, 6.45) is 1.58. The number of rotatable bonds is 4. The third-order valence-electron chi connectivity index (χ3n) is 4.42. The summed E-state index contributed by atoms with van der Waals surface area (Å²) in [5, 5.41) is 8.14. The van der Waals surface area contributed by atoms with Crippen molar-refractivity contribution >= 4 is 33.3 Å². The Kier molecular flexibility index (Phi) is 4.65. The minimum atomic E-state index is -3.81. The van der Waals surface area contributed by atoms with Gasteiger partial charge in [-0.2, -0.15) is 0 Å². The van der Waals surface area contributed by atoms with Gasteiger partial charge in [-0.1, -0.05) is 6.07 Å². The summed E-state index contributed by atoms with van der Waals surface area (Å²) in [5.74, 6) is 0.782. The molecule has 2 aromatic carbocycles. The standard InChI is InChI=1S/C19H17N5O4S/c1-24-16-9-12(5-6-17(16)28-11-18(24)25)15-7-8-21-19(23-15)22-13-3-2-4-14(10-13)29(20,26)27/h2-10H,11H2,1H3,(H2,20,26,27)(H,21,22,23). The largest absolute Gasteiger partial charge is 0.482 e. The smallest absolute Gasteiger partial charge is 0.264 e. The number of amides is 1. The molecule has 0 aliphatic carbocycles. The van der Waals surface area contributed by atoms with Crippen LogP contribution in [0.5, 0.6) is 5.75 Å². The Balaban J connectivity index is 1.64. The van der Waals surface area contributed by atoms with Crippen LogP contribution in [0.15, 0.2) is 59.6 Å². The fourth-order valence-electron chi connectivity index (χ4n) is 2.89. The average molecular weight is 411 g/mol. The zero-order valence-electron chi connectivity index (χ0n) is 15.4. The average Bonchev–Trinajstić information content (AvgIpc) is 2.70. The Morgan fingerprint density at radius 1 is 1.17 bits per heavy atom. The summed E-state index contributed by atoms with van der Waals surface area (Å²) in [5.41, 5.74) is 2.54. The first-order chi connectivity index (χ1) is 13.8. The molecular formula is C19H17N5O4S. The number of likely N-dealkylation sites (N-methyl/N-ethyl adjacent to an activating group) is 1. The summed E-state index contributed by atoms with van der Waals surface area (Å²) in [4.78, 5) is 22.1. The lowest BCUT2D eigenvalue weighted by Gasteiger charge is -2.26. The highest BCUT2D eigenvalue weighted by Crippen LogP contribution is 2.35. The second-order valence-corrected chi connectivity index (χ2v) is 7.95. The van der Waals surface area contributed by atoms with Crippen LogP contribution in [-0.2, 0) is 14.8 Å². The predicted octanol–water partition coefficient (Wildman–Crippen LogP) is 1.89. The minimum absolute atomic E-state index is 0.0129. The van der Waals surface area contributed by atoms with E-state index in [1.165, 1.54) is 12.1 Å². The van der Waals surface area contributed by atoms with E-state index in [9.17, 15) is 13.2 Å². The van der Waals surface area contributed by atoms with E-state index in [1.807, 2.05) is 12.1 Å². The number of nitrogens with one attached hydrogen (secondary N) is 1. The van der Waals surface area contributed by atoms with E-state index in [4.69, 9.17) is 9.88 Å². The molecule has 0 fully saturated rings. The molecule has 9 nitrogen and oxygen atoms in total. The summed E-state index contributed by atoms with van der Waals surface area (Å²) in [7, 11) is -2.12. The number of ether oxygens (including phenoxy) is 1. The van der Waals surface area contributed by atoms with Crippen LogP contribution in [0.2, 0.25) is 0 Å². The number of benzene rings is 2. The van der Waals surface area contributed by atoms with Crippen LogP contribution in [-0.4, -0.2) is 37.9 Å². The molecular weight excluding hydrogens is 394 g/mol. The van der Waals surface area contributed by atoms with Crippen LogP contribution in [0.3, 0.4) is 0 Å². The monoisotopic (exact) mass is 411 g/mol. The number of carbonyl (C=O) groups excluding carboxylic acids is 1. The SMILES string of the molecule is CN1C(=O)COc2ccc(-c3ccnc(Nc4cccc(S(N)(=O)=O)c4)n3)cc21. The van der Waals surface area contributed by atoms with E-state index >= 15 is 0 Å². The van der Waals surface area contributed by atoms with Crippen LogP contribution < -0.4 is 20.1 Å². The van der Waals surface area contributed by atoms with Crippen molar-refractivity contribution in [2.24, 2.45) is 5.14 Å². The quantitative estimate of drug-likeness (QED) is 0.671. The van der Waals surface area contributed by atoms with E-state index in [0.717, 1.165) is 5.56 Å². The summed E-state index contributed by atoms with van der Waals surface area (Å²) >= 11 is 0. The second-order valence-electron chi connectivity index (χ2n) is 6.39. The van der Waals surface area contributed by atoms with Gasteiger partial charge in [0, 0.05) is 24.5 Å². The number of nitrogens with two attached hydrogens (primary N) is 1. The normalized spacial score (nSPS) is 13.6. The molecule has 2 heterocycles. The number of hydrogen-bond donors (Lipinski definition) is 2. The Hall–Kier alpha value is -3.50. The Morgan fingerprint density at radius 2 is 2.00 bits per heavy atom. The van der Waals surface area contributed by atoms with Crippen LogP contribution in [0.1, 0.15) is 0 Å². The molecule has 0 radical (unpaired) electrons. The second kappa shape index (κ2) is 7.15. The Morgan fingerprint density at radius 3 is 2.79 bits per heavy atom. The number of hydrogen-bond acceptors (Lipinski definition) is 7. The van der Waals surface area contributed by atoms with Gasteiger partial charge in [0.25, 0.3) is 5.91 Å². The topological polar surface area (TPSA) is 128 Å². The summed E-state index contributed by atoms with van der Waals surface area (Å²) in [6.45, 7) is 0.0159. The van der Waals surface area contributed by atoms with Gasteiger partial charge in [-0.3, -0.25) is 4.79 Å². The van der Waals surface area contributed by atoms with E-state index in [0.29, 0.717) is 22.8 Å². The van der Waals surface area contributed by atoms with Crippen molar-refractivity contribution < 1.29 is 17.9 Å². The molecule has 10 heteroatoms. The molecule has 0 saturated carbocycles. The van der Waals surface area contributed by atoms with Gasteiger partial charge in [0.05, 0.1) is 16.3 Å². The first-order valence-electron chi connectivity index (χ1n) is 8.58. The molecule has 0 unspecified atom stereocenters. The highest BCUT2D eigenvalue weighted by molar-refractivity contribution is 7.89. The molecule has 3 N–H and O–H groups in total. The van der Waals surface area contributed by atoms with Crippen molar-refractivity contribution in [3.05, 3.63) is 54.7 Å². The number of nitrogens with zero attached hydrogens (tertiary/aromatic N) is 3. The molecule has 4 rings (SSSR count). The van der Waals surface area contributed by atoms with Crippen molar-refractivity contribution in [3.63, 3.8) is 0 Å². The van der Waals surface area contributed by atoms with Crippen molar-refractivity contribution in [2.75, 3.05) is 23.9 Å². The third kappa shape index (κ3) is 3.89. The van der Waals surface area contributed by atoms with E-state index in [-0.39, 0.29) is 23.4 Å². The van der Waals surface area contributed by atoms with Gasteiger partial charge in [0.15, 0.2) is 6.61 Å². The molecule has 148 valence electrons. The molecule has 0 atom stereocenters. The minimum Gasteiger partial charge on any atom is -0.482 e. The molecule has 1 amide bonds. The molecule has 0 bridgehead atoms. The number of primary sulfonamides is 1. The van der Waals surface area contributed by atoms with Gasteiger partial charge in [0.2, 0.25) is 16.0 Å². The van der Waals surface area contributed by atoms with Gasteiger partial charge in [-0.25, -0.2) is 23.5 Å². The number of carbonyl (C=O) groups is 1. The number of sulfonamides is 1. The lowest BCUT2D eigenvalue weighted by atomic mass is 10.1. The van der Waals surface area contributed by atoms with Gasteiger partial charge < -0.3 is 15.0 Å². The number of anilines is 3. The summed E-state index contributed by atoms with van der Waals surface area (Å²) < 4.78 is 28.5.